The van der Waals surface area contributed by atoms with Crippen LogP contribution in [0.2, 0.25) is 0 Å². The normalized spacial score (nSPS) is 11.3. The summed E-state index contributed by atoms with van der Waals surface area (Å²) in [6.45, 7) is 2.07. The molecular weight excluding hydrogens is 236 g/mol. The second kappa shape index (κ2) is 4.86. The van der Waals surface area contributed by atoms with Gasteiger partial charge in [0.1, 0.15) is 16.9 Å². The van der Waals surface area contributed by atoms with Crippen LogP contribution in [0.25, 0.3) is 0 Å². The van der Waals surface area contributed by atoms with Crippen LogP contribution in [0, 0.1) is 6.92 Å². The Morgan fingerprint density at radius 3 is 2.05 bits per heavy atom. The Morgan fingerprint density at radius 1 is 0.947 bits per heavy atom. The molecule has 0 unspecified atom stereocenters. The lowest BCUT2D eigenvalue weighted by Crippen LogP contribution is -2.37. The number of carbonyl (C=O) groups is 1. The van der Waals surface area contributed by atoms with Crippen LogP contribution in [0.5, 0.6) is 0 Å². The highest BCUT2D eigenvalue weighted by molar-refractivity contribution is 5.98. The van der Waals surface area contributed by atoms with Gasteiger partial charge in [-0.25, -0.2) is 0 Å². The topological polar surface area (TPSA) is 43.1 Å². The number of nitrogens with two attached hydrogens (primary N) is 1. The zero-order valence-electron chi connectivity index (χ0n) is 11.6. The molecule has 0 spiro atoms. The first-order valence-corrected chi connectivity index (χ1v) is 6.24. The van der Waals surface area contributed by atoms with Gasteiger partial charge in [0, 0.05) is 11.6 Å². The summed E-state index contributed by atoms with van der Waals surface area (Å²) in [4.78, 5) is 11.6. The van der Waals surface area contributed by atoms with E-state index < -0.39 is 5.91 Å². The fourth-order valence-electron chi connectivity index (χ4n) is 2.49. The Kier molecular flexibility index (Phi) is 3.40. The third-order valence-electron chi connectivity index (χ3n) is 3.49. The number of primary amides is 1. The molecule has 3 nitrogen and oxygen atoms in total. The maximum atomic E-state index is 11.6. The van der Waals surface area contributed by atoms with E-state index in [2.05, 4.69) is 33.2 Å². The van der Waals surface area contributed by atoms with Crippen molar-refractivity contribution in [3.63, 3.8) is 0 Å². The molecule has 0 aliphatic heterocycles. The molecule has 0 bridgehead atoms. The third-order valence-corrected chi connectivity index (χ3v) is 3.49. The van der Waals surface area contributed by atoms with Crippen LogP contribution in [0.3, 0.4) is 0 Å². The van der Waals surface area contributed by atoms with E-state index in [-0.39, 0.29) is 0 Å². The van der Waals surface area contributed by atoms with Crippen molar-refractivity contribution in [3.05, 3.63) is 59.7 Å². The molecule has 0 fully saturated rings. The molecule has 0 aliphatic rings. The second-order valence-corrected chi connectivity index (χ2v) is 5.12. The number of rotatable bonds is 3. The van der Waals surface area contributed by atoms with Crippen LogP contribution in [0.15, 0.2) is 48.5 Å². The average Bonchev–Trinajstić information content (AvgIpc) is 2.39. The molecule has 0 atom stereocenters. The number of quaternary nitrogens is 1. The summed E-state index contributed by atoms with van der Waals surface area (Å²) in [5.41, 5.74) is 9.29. The number of amides is 1. The Labute approximate surface area is 113 Å². The number of para-hydroxylation sites is 2. The maximum Gasteiger partial charge on any atom is 0.254 e. The van der Waals surface area contributed by atoms with Gasteiger partial charge in [-0.15, -0.1) is 0 Å². The highest BCUT2D eigenvalue weighted by Crippen LogP contribution is 2.35. The number of carbonyl (C=O) groups excluding carboxylic acids is 1. The second-order valence-electron chi connectivity index (χ2n) is 5.12. The molecular formula is C16H19N2O+. The Hall–Kier alpha value is -2.13. The summed E-state index contributed by atoms with van der Waals surface area (Å²) in [5.74, 6) is -0.393. The van der Waals surface area contributed by atoms with Crippen LogP contribution < -0.4 is 10.2 Å². The maximum absolute atomic E-state index is 11.6. The molecule has 0 saturated heterocycles. The fraction of sp³-hybridized carbons (Fsp3) is 0.188. The molecule has 2 rings (SSSR count). The van der Waals surface area contributed by atoms with E-state index in [1.165, 1.54) is 5.56 Å². The van der Waals surface area contributed by atoms with Crippen molar-refractivity contribution in [1.82, 2.24) is 4.48 Å². The van der Waals surface area contributed by atoms with Crippen molar-refractivity contribution >= 4 is 17.3 Å². The van der Waals surface area contributed by atoms with Gasteiger partial charge in [0.15, 0.2) is 0 Å². The summed E-state index contributed by atoms with van der Waals surface area (Å²) in [7, 11) is 4.12. The molecule has 98 valence electrons. The zero-order valence-corrected chi connectivity index (χ0v) is 11.6. The van der Waals surface area contributed by atoms with Crippen molar-refractivity contribution in [3.8, 4) is 0 Å². The van der Waals surface area contributed by atoms with Crippen LogP contribution in [-0.4, -0.2) is 20.0 Å². The van der Waals surface area contributed by atoms with Crippen molar-refractivity contribution in [2.75, 3.05) is 14.1 Å². The van der Waals surface area contributed by atoms with Gasteiger partial charge in [-0.05, 0) is 19.1 Å². The average molecular weight is 255 g/mol. The van der Waals surface area contributed by atoms with Gasteiger partial charge in [-0.3, -0.25) is 9.28 Å². The molecule has 2 aromatic carbocycles. The van der Waals surface area contributed by atoms with Crippen molar-refractivity contribution in [1.29, 1.82) is 0 Å². The van der Waals surface area contributed by atoms with Crippen LogP contribution in [-0.2, 0) is 0 Å². The van der Waals surface area contributed by atoms with Gasteiger partial charge in [0.25, 0.3) is 5.91 Å². The van der Waals surface area contributed by atoms with E-state index in [4.69, 9.17) is 5.73 Å². The first kappa shape index (κ1) is 13.3. The molecule has 0 heterocycles. The van der Waals surface area contributed by atoms with Gasteiger partial charge in [-0.1, -0.05) is 30.3 Å². The quantitative estimate of drug-likeness (QED) is 0.842. The predicted molar refractivity (Wildman–Crippen MR) is 79.4 cm³/mol. The molecule has 0 aromatic heterocycles. The summed E-state index contributed by atoms with van der Waals surface area (Å²) in [6, 6.07) is 15.7. The van der Waals surface area contributed by atoms with E-state index in [1.807, 2.05) is 30.3 Å². The minimum atomic E-state index is -0.393. The van der Waals surface area contributed by atoms with E-state index in [0.717, 1.165) is 11.4 Å². The van der Waals surface area contributed by atoms with E-state index in [0.29, 0.717) is 10.0 Å². The lowest BCUT2D eigenvalue weighted by molar-refractivity contribution is 0.0999. The summed E-state index contributed by atoms with van der Waals surface area (Å²) < 4.78 is 0.492. The monoisotopic (exact) mass is 255 g/mol. The summed E-state index contributed by atoms with van der Waals surface area (Å²) in [5, 5.41) is 0. The predicted octanol–water partition coefficient (Wildman–Crippen LogP) is 2.99. The number of hydrogen-bond donors (Lipinski definition) is 1. The van der Waals surface area contributed by atoms with Crippen LogP contribution in [0.1, 0.15) is 15.9 Å². The van der Waals surface area contributed by atoms with Gasteiger partial charge in [0.2, 0.25) is 0 Å². The van der Waals surface area contributed by atoms with Gasteiger partial charge >= 0.3 is 0 Å². The lowest BCUT2D eigenvalue weighted by Gasteiger charge is -2.31. The number of nitrogens with zero attached hydrogens (tertiary/aromatic N) is 1. The molecule has 19 heavy (non-hydrogen) atoms. The van der Waals surface area contributed by atoms with Gasteiger partial charge in [0.05, 0.1) is 14.1 Å². The number of benzene rings is 2. The first-order chi connectivity index (χ1) is 8.94. The van der Waals surface area contributed by atoms with E-state index in [1.54, 1.807) is 6.07 Å². The smallest absolute Gasteiger partial charge is 0.254 e. The SMILES string of the molecule is Cc1ccccc1[N+](C)(C)c1ccccc1C(N)=O. The standard InChI is InChI=1S/C16H18N2O/c1-12-8-4-6-10-14(12)18(2,3)15-11-7-5-9-13(15)16(17)19/h4-11H,1-3H3,(H-,17,19)/p+1. The summed E-state index contributed by atoms with van der Waals surface area (Å²) >= 11 is 0. The molecule has 0 aliphatic carbocycles. The van der Waals surface area contributed by atoms with Crippen LogP contribution in [0.4, 0.5) is 11.4 Å². The first-order valence-electron chi connectivity index (χ1n) is 6.24. The largest absolute Gasteiger partial charge is 0.365 e. The minimum Gasteiger partial charge on any atom is -0.365 e. The molecule has 0 saturated carbocycles. The van der Waals surface area contributed by atoms with E-state index in [9.17, 15) is 4.79 Å². The Morgan fingerprint density at radius 2 is 1.47 bits per heavy atom. The Bertz CT molecular complexity index is 618. The molecule has 0 radical (unpaired) electrons. The Balaban J connectivity index is 2.63. The highest BCUT2D eigenvalue weighted by Gasteiger charge is 2.28. The number of aryl methyl sites for hydroxylation is 1. The third kappa shape index (κ3) is 2.37. The zero-order chi connectivity index (χ0) is 14.0. The fourth-order valence-corrected chi connectivity index (χ4v) is 2.49. The molecule has 2 N–H and O–H groups in total. The van der Waals surface area contributed by atoms with Crippen molar-refractivity contribution in [2.45, 2.75) is 6.92 Å². The minimum absolute atomic E-state index is 0.393. The van der Waals surface area contributed by atoms with E-state index >= 15 is 0 Å². The lowest BCUT2D eigenvalue weighted by atomic mass is 10.1. The van der Waals surface area contributed by atoms with Gasteiger partial charge in [-0.2, -0.15) is 0 Å². The van der Waals surface area contributed by atoms with Crippen molar-refractivity contribution in [2.24, 2.45) is 5.73 Å². The van der Waals surface area contributed by atoms with Gasteiger partial charge < -0.3 is 5.73 Å². The molecule has 1 amide bonds. The van der Waals surface area contributed by atoms with Crippen LogP contribution >= 0.6 is 0 Å². The highest BCUT2D eigenvalue weighted by atomic mass is 16.1. The van der Waals surface area contributed by atoms with Crippen molar-refractivity contribution < 1.29 is 4.79 Å². The number of hydrogen-bond acceptors (Lipinski definition) is 1. The molecule has 2 aromatic rings. The summed E-state index contributed by atoms with van der Waals surface area (Å²) in [6.07, 6.45) is 0. The molecule has 3 heteroatoms.